The lowest BCUT2D eigenvalue weighted by Crippen LogP contribution is -2.12. The number of amides is 1. The topological polar surface area (TPSA) is 112 Å². The van der Waals surface area contributed by atoms with Crippen LogP contribution in [0.1, 0.15) is 21.9 Å². The third-order valence-electron chi connectivity index (χ3n) is 4.45. The Morgan fingerprint density at radius 1 is 1.09 bits per heavy atom. The number of rotatable bonds is 8. The molecule has 0 aliphatic rings. The number of non-ortho nitro benzene ring substituents is 1. The number of nitro benzene ring substituents is 1. The van der Waals surface area contributed by atoms with E-state index >= 15 is 0 Å². The van der Waals surface area contributed by atoms with Gasteiger partial charge >= 0.3 is 0 Å². The molecule has 0 aliphatic heterocycles. The molecule has 2 aromatic carbocycles. The van der Waals surface area contributed by atoms with Crippen LogP contribution in [0.5, 0.6) is 5.75 Å². The maximum atomic E-state index is 12.4. The summed E-state index contributed by atoms with van der Waals surface area (Å²) < 4.78 is 12.8. The summed E-state index contributed by atoms with van der Waals surface area (Å²) in [4.78, 5) is 22.6. The van der Waals surface area contributed by atoms with Crippen LogP contribution in [0.4, 0.5) is 11.5 Å². The van der Waals surface area contributed by atoms with Crippen LogP contribution < -0.4 is 10.1 Å². The number of aromatic nitrogens is 2. The van der Waals surface area contributed by atoms with Gasteiger partial charge in [-0.2, -0.15) is 5.10 Å². The molecule has 0 radical (unpaired) electrons. The number of halogens is 1. The molecule has 0 saturated heterocycles. The fourth-order valence-electron chi connectivity index (χ4n) is 2.87. The molecule has 4 aromatic rings. The van der Waals surface area contributed by atoms with Crippen molar-refractivity contribution in [2.75, 3.05) is 5.32 Å². The SMILES string of the molecule is O=C(Nc1ccn(Cc2ccc(Cl)cc2)n1)c1ccc(COc2ccc([N+](=O)[O-])cc2)o1. The summed E-state index contributed by atoms with van der Waals surface area (Å²) in [6, 6.07) is 18.0. The first-order valence-electron chi connectivity index (χ1n) is 9.51. The van der Waals surface area contributed by atoms with Crippen molar-refractivity contribution in [3.05, 3.63) is 105 Å². The zero-order valence-corrected chi connectivity index (χ0v) is 17.4. The second-order valence-corrected chi connectivity index (χ2v) is 7.22. The molecule has 32 heavy (non-hydrogen) atoms. The first-order chi connectivity index (χ1) is 15.5. The number of ether oxygens (including phenoxy) is 1. The number of carbonyl (C=O) groups excluding carboxylic acids is 1. The molecule has 2 aromatic heterocycles. The molecule has 0 aliphatic carbocycles. The average Bonchev–Trinajstić information content (AvgIpc) is 3.44. The van der Waals surface area contributed by atoms with Gasteiger partial charge in [0.05, 0.1) is 11.5 Å². The summed E-state index contributed by atoms with van der Waals surface area (Å²) in [5.74, 6) is 0.943. The van der Waals surface area contributed by atoms with Crippen LogP contribution in [0.15, 0.2) is 77.3 Å². The van der Waals surface area contributed by atoms with Crippen LogP contribution in [0.25, 0.3) is 0 Å². The molecule has 4 rings (SSSR count). The van der Waals surface area contributed by atoms with Gasteiger partial charge in [0, 0.05) is 29.4 Å². The Balaban J connectivity index is 1.31. The Morgan fingerprint density at radius 2 is 1.84 bits per heavy atom. The van der Waals surface area contributed by atoms with Crippen LogP contribution in [-0.2, 0) is 13.2 Å². The van der Waals surface area contributed by atoms with E-state index in [0.717, 1.165) is 5.56 Å². The van der Waals surface area contributed by atoms with Gasteiger partial charge in [-0.15, -0.1) is 0 Å². The molecule has 0 unspecified atom stereocenters. The molecule has 0 spiro atoms. The molecule has 1 N–H and O–H groups in total. The van der Waals surface area contributed by atoms with E-state index in [1.807, 2.05) is 24.3 Å². The molecule has 9 nitrogen and oxygen atoms in total. The zero-order valence-electron chi connectivity index (χ0n) is 16.6. The predicted octanol–water partition coefficient (Wildman–Crippen LogP) is 4.92. The Hall–Kier alpha value is -4.11. The van der Waals surface area contributed by atoms with Gasteiger partial charge in [0.1, 0.15) is 18.1 Å². The monoisotopic (exact) mass is 452 g/mol. The minimum atomic E-state index is -0.484. The smallest absolute Gasteiger partial charge is 0.292 e. The van der Waals surface area contributed by atoms with Gasteiger partial charge in [-0.1, -0.05) is 23.7 Å². The van der Waals surface area contributed by atoms with Crippen molar-refractivity contribution in [2.24, 2.45) is 0 Å². The number of anilines is 1. The summed E-state index contributed by atoms with van der Waals surface area (Å²) in [6.07, 6.45) is 1.76. The third-order valence-corrected chi connectivity index (χ3v) is 4.71. The fourth-order valence-corrected chi connectivity index (χ4v) is 2.99. The predicted molar refractivity (Wildman–Crippen MR) is 117 cm³/mol. The van der Waals surface area contributed by atoms with Gasteiger partial charge in [0.15, 0.2) is 11.6 Å². The lowest BCUT2D eigenvalue weighted by atomic mass is 10.2. The lowest BCUT2D eigenvalue weighted by Gasteiger charge is -2.04. The normalized spacial score (nSPS) is 10.7. The molecule has 0 atom stereocenters. The highest BCUT2D eigenvalue weighted by Crippen LogP contribution is 2.19. The molecule has 0 saturated carbocycles. The van der Waals surface area contributed by atoms with Crippen LogP contribution in [-0.4, -0.2) is 20.6 Å². The van der Waals surface area contributed by atoms with Crippen molar-refractivity contribution in [1.82, 2.24) is 9.78 Å². The number of nitro groups is 1. The van der Waals surface area contributed by atoms with Crippen molar-refractivity contribution in [3.63, 3.8) is 0 Å². The number of hydrogen-bond acceptors (Lipinski definition) is 6. The highest BCUT2D eigenvalue weighted by Gasteiger charge is 2.14. The van der Waals surface area contributed by atoms with Gasteiger partial charge < -0.3 is 14.5 Å². The van der Waals surface area contributed by atoms with E-state index in [1.54, 1.807) is 23.0 Å². The first kappa shape index (κ1) is 21.1. The first-order valence-corrected chi connectivity index (χ1v) is 9.89. The number of benzene rings is 2. The van der Waals surface area contributed by atoms with Gasteiger partial charge in [-0.05, 0) is 42.0 Å². The van der Waals surface area contributed by atoms with Crippen LogP contribution >= 0.6 is 11.6 Å². The van der Waals surface area contributed by atoms with E-state index in [-0.39, 0.29) is 18.1 Å². The van der Waals surface area contributed by atoms with E-state index in [9.17, 15) is 14.9 Å². The summed E-state index contributed by atoms with van der Waals surface area (Å²) in [5, 5.41) is 18.4. The maximum absolute atomic E-state index is 12.4. The van der Waals surface area contributed by atoms with E-state index in [0.29, 0.717) is 28.9 Å². The molecule has 0 fully saturated rings. The fraction of sp³-hybridized carbons (Fsp3) is 0.0909. The highest BCUT2D eigenvalue weighted by atomic mass is 35.5. The van der Waals surface area contributed by atoms with Crippen molar-refractivity contribution >= 4 is 29.0 Å². The number of carbonyl (C=O) groups is 1. The molecular formula is C22H17ClN4O5. The van der Waals surface area contributed by atoms with Gasteiger partial charge in [-0.3, -0.25) is 19.6 Å². The molecule has 1 amide bonds. The van der Waals surface area contributed by atoms with Crippen LogP contribution in [0.2, 0.25) is 5.02 Å². The Labute approximate surface area is 187 Å². The largest absolute Gasteiger partial charge is 0.486 e. The zero-order chi connectivity index (χ0) is 22.5. The van der Waals surface area contributed by atoms with Crippen LogP contribution in [0, 0.1) is 10.1 Å². The van der Waals surface area contributed by atoms with Gasteiger partial charge in [0.2, 0.25) is 0 Å². The standard InChI is InChI=1S/C22H17ClN4O5/c23-16-3-1-15(2-4-16)13-26-12-11-21(25-26)24-22(28)20-10-9-19(32-20)14-31-18-7-5-17(6-8-18)27(29)30/h1-12H,13-14H2,(H,24,25,28). The second kappa shape index (κ2) is 9.36. The summed E-state index contributed by atoms with van der Waals surface area (Å²) in [6.45, 7) is 0.610. The Bertz CT molecular complexity index is 1230. The minimum Gasteiger partial charge on any atom is -0.486 e. The van der Waals surface area contributed by atoms with E-state index in [2.05, 4.69) is 10.4 Å². The number of hydrogen-bond donors (Lipinski definition) is 1. The summed E-state index contributed by atoms with van der Waals surface area (Å²) >= 11 is 5.89. The minimum absolute atomic E-state index is 0.0232. The average molecular weight is 453 g/mol. The lowest BCUT2D eigenvalue weighted by molar-refractivity contribution is -0.384. The molecule has 10 heteroatoms. The summed E-state index contributed by atoms with van der Waals surface area (Å²) in [5.41, 5.74) is 1.00. The third kappa shape index (κ3) is 5.32. The highest BCUT2D eigenvalue weighted by molar-refractivity contribution is 6.30. The van der Waals surface area contributed by atoms with E-state index in [1.165, 1.54) is 30.3 Å². The second-order valence-electron chi connectivity index (χ2n) is 6.78. The van der Waals surface area contributed by atoms with Crippen molar-refractivity contribution < 1.29 is 18.9 Å². The van der Waals surface area contributed by atoms with E-state index in [4.69, 9.17) is 20.8 Å². The molecule has 2 heterocycles. The van der Waals surface area contributed by atoms with Gasteiger partial charge in [-0.25, -0.2) is 0 Å². The van der Waals surface area contributed by atoms with Gasteiger partial charge in [0.25, 0.3) is 11.6 Å². The summed E-state index contributed by atoms with van der Waals surface area (Å²) in [7, 11) is 0. The molecule has 0 bridgehead atoms. The number of nitrogens with zero attached hydrogens (tertiary/aromatic N) is 3. The molecular weight excluding hydrogens is 436 g/mol. The van der Waals surface area contributed by atoms with Crippen molar-refractivity contribution in [3.8, 4) is 5.75 Å². The number of nitrogens with one attached hydrogen (secondary N) is 1. The molecule has 162 valence electrons. The van der Waals surface area contributed by atoms with Crippen molar-refractivity contribution in [2.45, 2.75) is 13.2 Å². The maximum Gasteiger partial charge on any atom is 0.292 e. The van der Waals surface area contributed by atoms with Crippen LogP contribution in [0.3, 0.4) is 0 Å². The van der Waals surface area contributed by atoms with Crippen molar-refractivity contribution in [1.29, 1.82) is 0 Å². The Morgan fingerprint density at radius 3 is 2.56 bits per heavy atom. The Kier molecular flexibility index (Phi) is 6.18. The van der Waals surface area contributed by atoms with E-state index < -0.39 is 10.8 Å². The number of furan rings is 1. The quantitative estimate of drug-likeness (QED) is 0.300.